The first-order valence-electron chi connectivity index (χ1n) is 11.1. The van der Waals surface area contributed by atoms with Crippen molar-refractivity contribution in [3.63, 3.8) is 0 Å². The van der Waals surface area contributed by atoms with Gasteiger partial charge in [-0.15, -0.1) is 0 Å². The highest BCUT2D eigenvalue weighted by Crippen LogP contribution is 2.21. The molecular weight excluding hydrogens is 438 g/mol. The van der Waals surface area contributed by atoms with E-state index in [1.165, 1.54) is 18.2 Å². The Morgan fingerprint density at radius 1 is 1.06 bits per heavy atom. The molecule has 4 aliphatic rings. The van der Waals surface area contributed by atoms with Crippen LogP contribution in [-0.2, 0) is 6.54 Å². The largest absolute Gasteiger partial charge is 0.301 e. The van der Waals surface area contributed by atoms with Gasteiger partial charge in [-0.05, 0) is 37.1 Å². The summed E-state index contributed by atoms with van der Waals surface area (Å²) in [5.41, 5.74) is 0.608. The van der Waals surface area contributed by atoms with Crippen LogP contribution in [0.15, 0.2) is 65.7 Å². The summed E-state index contributed by atoms with van der Waals surface area (Å²) in [7, 11) is 0. The molecular formula is C25H20F2N6O. The lowest BCUT2D eigenvalue weighted by Gasteiger charge is -2.19. The molecule has 170 valence electrons. The molecule has 7 nitrogen and oxygen atoms in total. The highest BCUT2D eigenvalue weighted by atomic mass is 19.1. The Hall–Kier alpha value is -4.14. The third-order valence-electron chi connectivity index (χ3n) is 6.21. The molecule has 2 aliphatic heterocycles. The summed E-state index contributed by atoms with van der Waals surface area (Å²) in [4.78, 5) is 13.2. The predicted octanol–water partition coefficient (Wildman–Crippen LogP) is 2.64. The van der Waals surface area contributed by atoms with Gasteiger partial charge in [0.1, 0.15) is 23.0 Å². The van der Waals surface area contributed by atoms with E-state index in [-0.39, 0.29) is 40.5 Å². The van der Waals surface area contributed by atoms with Gasteiger partial charge in [-0.2, -0.15) is 20.0 Å². The normalized spacial score (nSPS) is 17.5. The third kappa shape index (κ3) is 3.32. The highest BCUT2D eigenvalue weighted by Gasteiger charge is 2.26. The van der Waals surface area contributed by atoms with E-state index in [9.17, 15) is 9.18 Å². The number of hydrogen-bond acceptors (Lipinski definition) is 4. The Morgan fingerprint density at radius 3 is 2.71 bits per heavy atom. The minimum absolute atomic E-state index is 0.0116. The smallest absolute Gasteiger partial charge is 0.265 e. The van der Waals surface area contributed by atoms with Crippen LogP contribution in [0.5, 0.6) is 0 Å². The molecule has 2 aromatic rings. The number of aromatic nitrogens is 6. The zero-order chi connectivity index (χ0) is 23.2. The van der Waals surface area contributed by atoms with E-state index in [4.69, 9.17) is 0 Å². The van der Waals surface area contributed by atoms with Crippen molar-refractivity contribution in [2.45, 2.75) is 25.8 Å². The van der Waals surface area contributed by atoms with Crippen LogP contribution in [0.2, 0.25) is 0 Å². The average molecular weight is 458 g/mol. The third-order valence-corrected chi connectivity index (χ3v) is 6.21. The molecule has 0 amide bonds. The SMILES string of the molecule is O=c1c2nn(CC3C=CC(n4cccn4)=CC3)c3c(c-2nn1-c1ccccc1F)=C(F)CCC=3. The lowest BCUT2D eigenvalue weighted by atomic mass is 9.99. The van der Waals surface area contributed by atoms with Gasteiger partial charge in [0.25, 0.3) is 0 Å². The molecule has 2 aliphatic carbocycles. The minimum Gasteiger partial charge on any atom is -0.265 e. The molecule has 0 saturated carbocycles. The zero-order valence-corrected chi connectivity index (χ0v) is 18.1. The second kappa shape index (κ2) is 8.02. The van der Waals surface area contributed by atoms with E-state index in [2.05, 4.69) is 27.4 Å². The molecule has 6 rings (SSSR count). The summed E-state index contributed by atoms with van der Waals surface area (Å²) in [5.74, 6) is -0.817. The van der Waals surface area contributed by atoms with Gasteiger partial charge >= 0.3 is 5.56 Å². The van der Waals surface area contributed by atoms with E-state index in [0.717, 1.165) is 16.8 Å². The number of halogens is 2. The lowest BCUT2D eigenvalue weighted by Crippen LogP contribution is -2.43. The number of nitrogens with zero attached hydrogens (tertiary/aromatic N) is 6. The van der Waals surface area contributed by atoms with Crippen molar-refractivity contribution < 1.29 is 8.78 Å². The van der Waals surface area contributed by atoms with E-state index in [1.54, 1.807) is 21.6 Å². The summed E-state index contributed by atoms with van der Waals surface area (Å²) in [5, 5.41) is 14.0. The molecule has 1 aromatic carbocycles. The number of para-hydroxylation sites is 1. The summed E-state index contributed by atoms with van der Waals surface area (Å²) in [6.07, 6.45) is 13.2. The maximum absolute atomic E-state index is 15.1. The van der Waals surface area contributed by atoms with Crippen molar-refractivity contribution in [3.8, 4) is 17.1 Å². The quantitative estimate of drug-likeness (QED) is 0.472. The monoisotopic (exact) mass is 458 g/mol. The lowest BCUT2D eigenvalue weighted by molar-refractivity contribution is 0.469. The van der Waals surface area contributed by atoms with Gasteiger partial charge < -0.3 is 0 Å². The summed E-state index contributed by atoms with van der Waals surface area (Å²) in [6, 6.07) is 7.74. The van der Waals surface area contributed by atoms with Gasteiger partial charge in [0.05, 0.1) is 16.3 Å². The predicted molar refractivity (Wildman–Crippen MR) is 123 cm³/mol. The molecule has 0 fully saturated rings. The van der Waals surface area contributed by atoms with Crippen LogP contribution in [0.4, 0.5) is 8.78 Å². The summed E-state index contributed by atoms with van der Waals surface area (Å²) < 4.78 is 33.9. The maximum atomic E-state index is 15.1. The van der Waals surface area contributed by atoms with E-state index >= 15 is 4.39 Å². The molecule has 0 saturated heterocycles. The molecule has 1 aromatic heterocycles. The van der Waals surface area contributed by atoms with Crippen molar-refractivity contribution in [1.82, 2.24) is 29.3 Å². The molecule has 3 heterocycles. The second-order valence-corrected chi connectivity index (χ2v) is 8.39. The Morgan fingerprint density at radius 2 is 1.94 bits per heavy atom. The van der Waals surface area contributed by atoms with Gasteiger partial charge in [-0.25, -0.2) is 13.5 Å². The molecule has 0 radical (unpaired) electrons. The van der Waals surface area contributed by atoms with Crippen molar-refractivity contribution >= 4 is 17.6 Å². The van der Waals surface area contributed by atoms with Crippen molar-refractivity contribution in [2.75, 3.05) is 0 Å². The minimum atomic E-state index is -0.586. The number of benzene rings is 1. The van der Waals surface area contributed by atoms with Crippen LogP contribution in [0.3, 0.4) is 0 Å². The van der Waals surface area contributed by atoms with E-state index < -0.39 is 11.4 Å². The number of hydrogen-bond donors (Lipinski definition) is 0. The van der Waals surface area contributed by atoms with Crippen molar-refractivity contribution in [3.05, 3.63) is 87.7 Å². The van der Waals surface area contributed by atoms with Crippen LogP contribution in [0, 0.1) is 11.7 Å². The van der Waals surface area contributed by atoms with Crippen LogP contribution >= 0.6 is 0 Å². The Kier molecular flexibility index (Phi) is 4.83. The molecule has 1 atom stereocenters. The Bertz CT molecular complexity index is 1610. The highest BCUT2D eigenvalue weighted by molar-refractivity contribution is 5.62. The zero-order valence-electron chi connectivity index (χ0n) is 18.1. The number of fused-ring (bicyclic) bond motifs is 3. The summed E-state index contributed by atoms with van der Waals surface area (Å²) >= 11 is 0. The topological polar surface area (TPSA) is 70.5 Å². The number of rotatable bonds is 4. The maximum Gasteiger partial charge on any atom is 0.301 e. The second-order valence-electron chi connectivity index (χ2n) is 8.39. The average Bonchev–Trinajstić information content (AvgIpc) is 3.49. The molecule has 0 bridgehead atoms. The van der Waals surface area contributed by atoms with Crippen LogP contribution in [-0.4, -0.2) is 29.3 Å². The molecule has 1 unspecified atom stereocenters. The van der Waals surface area contributed by atoms with Crippen LogP contribution in [0.1, 0.15) is 19.3 Å². The first kappa shape index (κ1) is 20.5. The standard InChI is InChI=1S/C25H20F2N6O/c26-18-5-1-2-7-20(18)33-25(34)24-23(30-33)22-19(27)6-3-8-21(22)32(29-24)15-16-9-11-17(12-10-16)31-14-4-13-28-31/h1-2,4-5,7-9,11-14,16H,3,6,10,15H2. The van der Waals surface area contributed by atoms with Crippen molar-refractivity contribution in [2.24, 2.45) is 5.92 Å². The Labute approximate surface area is 192 Å². The van der Waals surface area contributed by atoms with Gasteiger partial charge in [-0.3, -0.25) is 9.48 Å². The molecule has 0 N–H and O–H groups in total. The fourth-order valence-electron chi connectivity index (χ4n) is 4.54. The molecule has 0 spiro atoms. The van der Waals surface area contributed by atoms with Gasteiger partial charge in [0.2, 0.25) is 0 Å². The van der Waals surface area contributed by atoms with E-state index in [0.29, 0.717) is 18.3 Å². The van der Waals surface area contributed by atoms with E-state index in [1.807, 2.05) is 24.4 Å². The van der Waals surface area contributed by atoms with Crippen molar-refractivity contribution in [1.29, 1.82) is 0 Å². The number of allylic oxidation sites excluding steroid dienone is 4. The molecule has 34 heavy (non-hydrogen) atoms. The fourth-order valence-corrected chi connectivity index (χ4v) is 4.54. The van der Waals surface area contributed by atoms with Gasteiger partial charge in [0, 0.05) is 31.3 Å². The van der Waals surface area contributed by atoms with Crippen LogP contribution in [0.25, 0.3) is 34.7 Å². The van der Waals surface area contributed by atoms with Crippen LogP contribution < -0.4 is 16.1 Å². The van der Waals surface area contributed by atoms with Gasteiger partial charge in [-0.1, -0.05) is 30.4 Å². The fraction of sp³-hybridized carbons (Fsp3) is 0.200. The molecule has 9 heteroatoms. The van der Waals surface area contributed by atoms with Gasteiger partial charge in [0.15, 0.2) is 5.69 Å². The first-order chi connectivity index (χ1) is 16.6. The first-order valence-corrected chi connectivity index (χ1v) is 11.1. The summed E-state index contributed by atoms with van der Waals surface area (Å²) in [6.45, 7) is 0.464. The Balaban J connectivity index is 1.45.